The summed E-state index contributed by atoms with van der Waals surface area (Å²) >= 11 is 3.63. The number of likely N-dealkylation sites (N-methyl/N-ethyl adjacent to an activating group) is 1. The summed E-state index contributed by atoms with van der Waals surface area (Å²) in [6.07, 6.45) is 0. The lowest BCUT2D eigenvalue weighted by Gasteiger charge is -2.17. The minimum absolute atomic E-state index is 0. The third-order valence-corrected chi connectivity index (χ3v) is 4.38. The molecule has 2 rings (SSSR count). The Kier molecular flexibility index (Phi) is 8.21. The van der Waals surface area contributed by atoms with Crippen molar-refractivity contribution in [3.8, 4) is 0 Å². The molecule has 1 aromatic rings. The number of hydrazine groups is 1. The van der Waals surface area contributed by atoms with E-state index in [-0.39, 0.29) is 35.2 Å². The summed E-state index contributed by atoms with van der Waals surface area (Å²) in [4.78, 5) is 12.1. The number of carbonyl (C=O) groups excluding carboxylic acids is 1. The molecular weight excluding hydrogens is 356 g/mol. The number of carbonyl (C=O) groups is 1. The van der Waals surface area contributed by atoms with Crippen LogP contribution in [0.25, 0.3) is 0 Å². The van der Waals surface area contributed by atoms with E-state index >= 15 is 0 Å². The van der Waals surface area contributed by atoms with E-state index in [2.05, 4.69) is 49.5 Å². The van der Waals surface area contributed by atoms with Crippen LogP contribution in [0.2, 0.25) is 0 Å². The van der Waals surface area contributed by atoms with Crippen molar-refractivity contribution < 1.29 is 4.79 Å². The van der Waals surface area contributed by atoms with Crippen LogP contribution in [0.15, 0.2) is 30.3 Å². The zero-order valence-electron chi connectivity index (χ0n) is 11.9. The Morgan fingerprint density at radius 1 is 1.24 bits per heavy atom. The Morgan fingerprint density at radius 2 is 1.95 bits per heavy atom. The Hall–Kier alpha value is -0.660. The lowest BCUT2D eigenvalue weighted by atomic mass is 10.0. The number of rotatable bonds is 6. The van der Waals surface area contributed by atoms with Crippen molar-refractivity contribution in [2.45, 2.75) is 23.8 Å². The second kappa shape index (κ2) is 9.38. The molecule has 21 heavy (non-hydrogen) atoms. The van der Waals surface area contributed by atoms with E-state index < -0.39 is 0 Å². The van der Waals surface area contributed by atoms with Crippen LogP contribution in [-0.4, -0.2) is 36.4 Å². The molecule has 1 aliphatic rings. The van der Waals surface area contributed by atoms with Crippen molar-refractivity contribution in [2.75, 3.05) is 19.6 Å². The monoisotopic (exact) mass is 376 g/mol. The van der Waals surface area contributed by atoms with Crippen molar-refractivity contribution in [3.05, 3.63) is 35.9 Å². The molecule has 1 heterocycles. The van der Waals surface area contributed by atoms with Gasteiger partial charge in [-0.1, -0.05) is 53.2 Å². The fourth-order valence-electron chi connectivity index (χ4n) is 2.23. The molecule has 1 aliphatic heterocycles. The summed E-state index contributed by atoms with van der Waals surface area (Å²) < 4.78 is 0. The lowest BCUT2D eigenvalue weighted by Crippen LogP contribution is -2.47. The molecule has 0 spiro atoms. The molecule has 1 fully saturated rings. The first kappa shape index (κ1) is 18.4. The number of nitrogens with one attached hydrogen (secondary N) is 4. The van der Waals surface area contributed by atoms with Gasteiger partial charge < -0.3 is 10.6 Å². The molecule has 3 unspecified atom stereocenters. The standard InChI is InChI=1S/C14H21BrN4O.ClH/c1-2-16-8-9-17-14(20)13-11(15)12(18-19-13)10-6-4-3-5-7-10;/h3-7,11-13,16,18-19H,2,8-9H2,1H3,(H,17,20);1H. The van der Waals surface area contributed by atoms with Gasteiger partial charge in [-0.05, 0) is 12.1 Å². The minimum Gasteiger partial charge on any atom is -0.353 e. The highest BCUT2D eigenvalue weighted by atomic mass is 79.9. The number of benzene rings is 1. The molecule has 3 atom stereocenters. The molecule has 0 bridgehead atoms. The molecule has 4 N–H and O–H groups in total. The van der Waals surface area contributed by atoms with E-state index in [1.165, 1.54) is 0 Å². The normalized spacial score (nSPS) is 24.4. The second-order valence-corrected chi connectivity index (χ2v) is 5.80. The van der Waals surface area contributed by atoms with Crippen molar-refractivity contribution >= 4 is 34.2 Å². The summed E-state index contributed by atoms with van der Waals surface area (Å²) in [5.74, 6) is 0.00992. The maximum absolute atomic E-state index is 12.1. The van der Waals surface area contributed by atoms with Crippen LogP contribution in [0.1, 0.15) is 18.5 Å². The van der Waals surface area contributed by atoms with Crippen LogP contribution in [0.3, 0.4) is 0 Å². The van der Waals surface area contributed by atoms with Gasteiger partial charge in [0.2, 0.25) is 5.91 Å². The molecule has 0 radical (unpaired) electrons. The number of hydrogen-bond acceptors (Lipinski definition) is 4. The van der Waals surface area contributed by atoms with Crippen LogP contribution in [0.4, 0.5) is 0 Å². The molecule has 0 aromatic heterocycles. The maximum Gasteiger partial charge on any atom is 0.239 e. The number of halogens is 2. The van der Waals surface area contributed by atoms with E-state index in [1.807, 2.05) is 25.1 Å². The highest BCUT2D eigenvalue weighted by molar-refractivity contribution is 9.09. The quantitative estimate of drug-likeness (QED) is 0.443. The highest BCUT2D eigenvalue weighted by Gasteiger charge is 2.38. The molecule has 0 aliphatic carbocycles. The molecule has 1 amide bonds. The summed E-state index contributed by atoms with van der Waals surface area (Å²) in [7, 11) is 0. The zero-order valence-corrected chi connectivity index (χ0v) is 14.3. The fraction of sp³-hybridized carbons (Fsp3) is 0.500. The van der Waals surface area contributed by atoms with Crippen LogP contribution in [-0.2, 0) is 4.79 Å². The van der Waals surface area contributed by atoms with Gasteiger partial charge >= 0.3 is 0 Å². The largest absolute Gasteiger partial charge is 0.353 e. The van der Waals surface area contributed by atoms with Gasteiger partial charge in [0.25, 0.3) is 0 Å². The van der Waals surface area contributed by atoms with E-state index in [1.54, 1.807) is 0 Å². The number of alkyl halides is 1. The minimum atomic E-state index is -0.276. The first-order valence-corrected chi connectivity index (χ1v) is 7.84. The average Bonchev–Trinajstić information content (AvgIpc) is 2.86. The van der Waals surface area contributed by atoms with Crippen LogP contribution < -0.4 is 21.5 Å². The molecule has 1 saturated heterocycles. The Morgan fingerprint density at radius 3 is 2.62 bits per heavy atom. The summed E-state index contributed by atoms with van der Waals surface area (Å²) in [5, 5.41) is 6.11. The SMILES string of the molecule is CCNCCNC(=O)C1NNC(c2ccccc2)C1Br.Cl. The third kappa shape index (κ3) is 4.93. The van der Waals surface area contributed by atoms with Crippen LogP contribution in [0, 0.1) is 0 Å². The van der Waals surface area contributed by atoms with Crippen LogP contribution in [0.5, 0.6) is 0 Å². The predicted octanol–water partition coefficient (Wildman–Crippen LogP) is 1.12. The van der Waals surface area contributed by atoms with Gasteiger partial charge in [-0.25, -0.2) is 10.9 Å². The molecule has 118 valence electrons. The van der Waals surface area contributed by atoms with Gasteiger partial charge in [0, 0.05) is 13.1 Å². The summed E-state index contributed by atoms with van der Waals surface area (Å²) in [6, 6.07) is 9.90. The van der Waals surface area contributed by atoms with Gasteiger partial charge in [-0.3, -0.25) is 4.79 Å². The zero-order chi connectivity index (χ0) is 14.4. The van der Waals surface area contributed by atoms with Gasteiger partial charge in [0.15, 0.2) is 0 Å². The Labute approximate surface area is 140 Å². The first-order chi connectivity index (χ1) is 9.74. The van der Waals surface area contributed by atoms with Gasteiger partial charge in [0.1, 0.15) is 6.04 Å². The number of amides is 1. The Bertz CT molecular complexity index is 434. The van der Waals surface area contributed by atoms with Crippen LogP contribution >= 0.6 is 28.3 Å². The molecular formula is C14H22BrClN4O. The molecule has 5 nitrogen and oxygen atoms in total. The number of hydrogen-bond donors (Lipinski definition) is 4. The van der Waals surface area contributed by atoms with E-state index in [4.69, 9.17) is 0 Å². The van der Waals surface area contributed by atoms with Crippen molar-refractivity contribution in [3.63, 3.8) is 0 Å². The predicted molar refractivity (Wildman–Crippen MR) is 90.8 cm³/mol. The van der Waals surface area contributed by atoms with Crippen molar-refractivity contribution in [1.29, 1.82) is 0 Å². The highest BCUT2D eigenvalue weighted by Crippen LogP contribution is 2.28. The van der Waals surface area contributed by atoms with E-state index in [0.717, 1.165) is 18.7 Å². The molecule has 0 saturated carbocycles. The van der Waals surface area contributed by atoms with E-state index in [0.29, 0.717) is 6.54 Å². The summed E-state index contributed by atoms with van der Waals surface area (Å²) in [6.45, 7) is 4.39. The maximum atomic E-state index is 12.1. The Balaban J connectivity index is 0.00000220. The van der Waals surface area contributed by atoms with E-state index in [9.17, 15) is 4.79 Å². The molecule has 1 aromatic carbocycles. The average molecular weight is 378 g/mol. The van der Waals surface area contributed by atoms with Crippen molar-refractivity contribution in [2.24, 2.45) is 0 Å². The fourth-order valence-corrected chi connectivity index (χ4v) is 3.04. The molecule has 7 heteroatoms. The topological polar surface area (TPSA) is 65.2 Å². The summed E-state index contributed by atoms with van der Waals surface area (Å²) in [5.41, 5.74) is 7.41. The third-order valence-electron chi connectivity index (χ3n) is 3.32. The van der Waals surface area contributed by atoms with Crippen molar-refractivity contribution in [1.82, 2.24) is 21.5 Å². The van der Waals surface area contributed by atoms with Gasteiger partial charge in [0.05, 0.1) is 10.9 Å². The second-order valence-electron chi connectivity index (χ2n) is 4.74. The first-order valence-electron chi connectivity index (χ1n) is 6.92. The van der Waals surface area contributed by atoms with Gasteiger partial charge in [-0.15, -0.1) is 12.4 Å². The van der Waals surface area contributed by atoms with Gasteiger partial charge in [-0.2, -0.15) is 0 Å². The lowest BCUT2D eigenvalue weighted by molar-refractivity contribution is -0.122. The smallest absolute Gasteiger partial charge is 0.239 e.